The predicted molar refractivity (Wildman–Crippen MR) is 72.7 cm³/mol. The van der Waals surface area contributed by atoms with Crippen molar-refractivity contribution < 1.29 is 14.4 Å². The molecule has 2 heterocycles. The van der Waals surface area contributed by atoms with E-state index >= 15 is 0 Å². The molecule has 1 aromatic heterocycles. The Balaban J connectivity index is 1.84. The minimum Gasteiger partial charge on any atom is -0.493 e. The molecule has 0 bridgehead atoms. The summed E-state index contributed by atoms with van der Waals surface area (Å²) in [6, 6.07) is 7.95. The van der Waals surface area contributed by atoms with Crippen molar-refractivity contribution in [3.8, 4) is 5.75 Å². The molecule has 5 nitrogen and oxygen atoms in total. The number of para-hydroxylation sites is 1. The first-order valence-corrected chi connectivity index (χ1v) is 7.00. The summed E-state index contributed by atoms with van der Waals surface area (Å²) in [4.78, 5) is 4.43. The molecule has 0 fully saturated rings. The summed E-state index contributed by atoms with van der Waals surface area (Å²) in [5, 5.41) is 13.7. The molecule has 2 unspecified atom stereocenters. The largest absolute Gasteiger partial charge is 0.493 e. The lowest BCUT2D eigenvalue weighted by molar-refractivity contribution is 0.158. The zero-order chi connectivity index (χ0) is 13.9. The highest BCUT2D eigenvalue weighted by atomic mass is 16.5. The SMILES string of the molecule is CCC(O)Cc1nc(C2CCOc3ccccc32)no1. The molecule has 3 rings (SSSR count). The number of hydrogen-bond donors (Lipinski definition) is 1. The molecule has 1 aromatic carbocycles. The van der Waals surface area contributed by atoms with E-state index in [0.717, 1.165) is 17.7 Å². The molecule has 0 radical (unpaired) electrons. The van der Waals surface area contributed by atoms with Crippen LogP contribution in [0.25, 0.3) is 0 Å². The molecule has 0 amide bonds. The van der Waals surface area contributed by atoms with Gasteiger partial charge >= 0.3 is 0 Å². The van der Waals surface area contributed by atoms with Crippen LogP contribution in [0, 0.1) is 0 Å². The van der Waals surface area contributed by atoms with Gasteiger partial charge in [-0.1, -0.05) is 30.3 Å². The first-order chi connectivity index (χ1) is 9.78. The van der Waals surface area contributed by atoms with E-state index in [2.05, 4.69) is 10.1 Å². The van der Waals surface area contributed by atoms with Crippen LogP contribution in [0.4, 0.5) is 0 Å². The third kappa shape index (κ3) is 2.54. The molecule has 2 atom stereocenters. The van der Waals surface area contributed by atoms with Crippen molar-refractivity contribution in [3.05, 3.63) is 41.5 Å². The lowest BCUT2D eigenvalue weighted by Crippen LogP contribution is -2.16. The Bertz CT molecular complexity index is 582. The van der Waals surface area contributed by atoms with E-state index in [1.165, 1.54) is 0 Å². The monoisotopic (exact) mass is 274 g/mol. The number of ether oxygens (including phenoxy) is 1. The number of aliphatic hydroxyl groups is 1. The second-order valence-corrected chi connectivity index (χ2v) is 5.04. The number of fused-ring (bicyclic) bond motifs is 1. The Kier molecular flexibility index (Phi) is 3.69. The van der Waals surface area contributed by atoms with E-state index in [9.17, 15) is 5.11 Å². The molecule has 0 aliphatic carbocycles. The van der Waals surface area contributed by atoms with Gasteiger partial charge in [-0.25, -0.2) is 0 Å². The lowest BCUT2D eigenvalue weighted by Gasteiger charge is -2.23. The molecule has 106 valence electrons. The Morgan fingerprint density at radius 1 is 1.40 bits per heavy atom. The maximum absolute atomic E-state index is 9.64. The number of nitrogens with zero attached hydrogens (tertiary/aromatic N) is 2. The van der Waals surface area contributed by atoms with E-state index < -0.39 is 6.10 Å². The minimum atomic E-state index is -0.426. The number of benzene rings is 1. The van der Waals surface area contributed by atoms with Gasteiger partial charge in [0.1, 0.15) is 5.75 Å². The van der Waals surface area contributed by atoms with Gasteiger partial charge in [0, 0.05) is 5.56 Å². The fraction of sp³-hybridized carbons (Fsp3) is 0.467. The summed E-state index contributed by atoms with van der Waals surface area (Å²) in [5.74, 6) is 2.18. The topological polar surface area (TPSA) is 68.4 Å². The first-order valence-electron chi connectivity index (χ1n) is 7.00. The molecule has 0 saturated heterocycles. The fourth-order valence-corrected chi connectivity index (χ4v) is 2.45. The second-order valence-electron chi connectivity index (χ2n) is 5.04. The van der Waals surface area contributed by atoms with E-state index in [-0.39, 0.29) is 5.92 Å². The number of aromatic nitrogens is 2. The van der Waals surface area contributed by atoms with Gasteiger partial charge in [0.25, 0.3) is 0 Å². The highest BCUT2D eigenvalue weighted by Crippen LogP contribution is 2.36. The van der Waals surface area contributed by atoms with Crippen molar-refractivity contribution in [2.75, 3.05) is 6.61 Å². The van der Waals surface area contributed by atoms with Crippen LogP contribution in [0.5, 0.6) is 5.75 Å². The van der Waals surface area contributed by atoms with Crippen molar-refractivity contribution in [2.24, 2.45) is 0 Å². The van der Waals surface area contributed by atoms with E-state index in [1.807, 2.05) is 31.2 Å². The summed E-state index contributed by atoms with van der Waals surface area (Å²) in [7, 11) is 0. The average molecular weight is 274 g/mol. The van der Waals surface area contributed by atoms with Gasteiger partial charge in [-0.3, -0.25) is 0 Å². The Labute approximate surface area is 117 Å². The summed E-state index contributed by atoms with van der Waals surface area (Å²) in [5.41, 5.74) is 1.10. The molecule has 1 aliphatic rings. The number of rotatable bonds is 4. The molecule has 5 heteroatoms. The standard InChI is InChI=1S/C15H18N2O3/c1-2-10(18)9-14-16-15(17-20-14)12-7-8-19-13-6-4-3-5-11(12)13/h3-6,10,12,18H,2,7-9H2,1H3. The minimum absolute atomic E-state index is 0.108. The van der Waals surface area contributed by atoms with Gasteiger partial charge in [0.15, 0.2) is 5.82 Å². The third-order valence-corrected chi connectivity index (χ3v) is 3.64. The quantitative estimate of drug-likeness (QED) is 0.926. The van der Waals surface area contributed by atoms with Crippen LogP contribution in [-0.2, 0) is 6.42 Å². The van der Waals surface area contributed by atoms with Crippen LogP contribution in [-0.4, -0.2) is 28.0 Å². The van der Waals surface area contributed by atoms with Crippen molar-refractivity contribution in [1.82, 2.24) is 10.1 Å². The van der Waals surface area contributed by atoms with E-state index in [1.54, 1.807) is 0 Å². The van der Waals surface area contributed by atoms with Gasteiger partial charge in [0.05, 0.1) is 25.0 Å². The van der Waals surface area contributed by atoms with Gasteiger partial charge in [0.2, 0.25) is 5.89 Å². The summed E-state index contributed by atoms with van der Waals surface area (Å²) < 4.78 is 10.9. The molecule has 0 spiro atoms. The molecule has 1 aliphatic heterocycles. The Morgan fingerprint density at radius 3 is 3.10 bits per heavy atom. The van der Waals surface area contributed by atoms with Crippen LogP contribution < -0.4 is 4.74 Å². The molecule has 2 aromatic rings. The highest BCUT2D eigenvalue weighted by molar-refractivity contribution is 5.40. The van der Waals surface area contributed by atoms with Crippen LogP contribution in [0.15, 0.2) is 28.8 Å². The van der Waals surface area contributed by atoms with Crippen molar-refractivity contribution in [3.63, 3.8) is 0 Å². The highest BCUT2D eigenvalue weighted by Gasteiger charge is 2.27. The van der Waals surface area contributed by atoms with Gasteiger partial charge < -0.3 is 14.4 Å². The van der Waals surface area contributed by atoms with Crippen LogP contribution >= 0.6 is 0 Å². The van der Waals surface area contributed by atoms with Gasteiger partial charge in [-0.15, -0.1) is 0 Å². The van der Waals surface area contributed by atoms with E-state index in [0.29, 0.717) is 31.2 Å². The van der Waals surface area contributed by atoms with Crippen LogP contribution in [0.1, 0.15) is 43.0 Å². The summed E-state index contributed by atoms with van der Waals surface area (Å²) in [6.07, 6.45) is 1.50. The molecular formula is C15H18N2O3. The normalized spacial score (nSPS) is 19.2. The molecule has 20 heavy (non-hydrogen) atoms. The van der Waals surface area contributed by atoms with Gasteiger partial charge in [-0.2, -0.15) is 4.98 Å². The maximum Gasteiger partial charge on any atom is 0.229 e. The maximum atomic E-state index is 9.64. The average Bonchev–Trinajstić information content (AvgIpc) is 2.94. The Morgan fingerprint density at radius 2 is 2.25 bits per heavy atom. The number of aliphatic hydroxyl groups excluding tert-OH is 1. The van der Waals surface area contributed by atoms with Gasteiger partial charge in [-0.05, 0) is 18.9 Å². The zero-order valence-electron chi connectivity index (χ0n) is 11.5. The first kappa shape index (κ1) is 13.1. The fourth-order valence-electron chi connectivity index (χ4n) is 2.45. The summed E-state index contributed by atoms with van der Waals surface area (Å²) >= 11 is 0. The van der Waals surface area contributed by atoms with Crippen molar-refractivity contribution in [1.29, 1.82) is 0 Å². The Hall–Kier alpha value is -1.88. The van der Waals surface area contributed by atoms with Crippen molar-refractivity contribution in [2.45, 2.75) is 38.2 Å². The van der Waals surface area contributed by atoms with Crippen LogP contribution in [0.2, 0.25) is 0 Å². The zero-order valence-corrected chi connectivity index (χ0v) is 11.5. The second kappa shape index (κ2) is 5.63. The lowest BCUT2D eigenvalue weighted by atomic mass is 9.92. The van der Waals surface area contributed by atoms with E-state index in [4.69, 9.17) is 9.26 Å². The molecule has 0 saturated carbocycles. The summed E-state index contributed by atoms with van der Waals surface area (Å²) in [6.45, 7) is 2.58. The third-order valence-electron chi connectivity index (χ3n) is 3.64. The van der Waals surface area contributed by atoms with Crippen molar-refractivity contribution >= 4 is 0 Å². The van der Waals surface area contributed by atoms with Crippen LogP contribution in [0.3, 0.4) is 0 Å². The smallest absolute Gasteiger partial charge is 0.229 e. The predicted octanol–water partition coefficient (Wildman–Crippen LogP) is 2.30. The molecule has 1 N–H and O–H groups in total. The number of hydrogen-bond acceptors (Lipinski definition) is 5. The molecular weight excluding hydrogens is 256 g/mol.